The molecule has 3 N–H and O–H groups in total. The Bertz CT molecular complexity index is 313. The van der Waals surface area contributed by atoms with E-state index in [1.165, 1.54) is 0 Å². The maximum absolute atomic E-state index is 11.8. The number of hydrogen-bond donors (Lipinski definition) is 3. The average Bonchev–Trinajstić information content (AvgIpc) is 2.96. The molecular formula is C13H22N2O3. The lowest BCUT2D eigenvalue weighted by atomic mass is 10.0. The molecule has 5 heteroatoms. The van der Waals surface area contributed by atoms with Gasteiger partial charge in [-0.2, -0.15) is 0 Å². The summed E-state index contributed by atoms with van der Waals surface area (Å²) >= 11 is 0. The van der Waals surface area contributed by atoms with Gasteiger partial charge in [0.2, 0.25) is 5.91 Å². The Morgan fingerprint density at radius 1 is 1.28 bits per heavy atom. The number of carboxylic acid groups (broad SMARTS) is 1. The van der Waals surface area contributed by atoms with E-state index >= 15 is 0 Å². The third-order valence-electron chi connectivity index (χ3n) is 4.12. The highest BCUT2D eigenvalue weighted by Gasteiger charge is 2.33. The van der Waals surface area contributed by atoms with E-state index in [0.29, 0.717) is 18.8 Å². The summed E-state index contributed by atoms with van der Waals surface area (Å²) in [5.41, 5.74) is 0. The molecule has 3 unspecified atom stereocenters. The molecule has 1 aliphatic carbocycles. The van der Waals surface area contributed by atoms with Crippen molar-refractivity contribution in [3.8, 4) is 0 Å². The van der Waals surface area contributed by atoms with Crippen LogP contribution in [0.25, 0.3) is 0 Å². The van der Waals surface area contributed by atoms with Crippen LogP contribution >= 0.6 is 0 Å². The summed E-state index contributed by atoms with van der Waals surface area (Å²) in [6.45, 7) is 2.06. The molecule has 1 amide bonds. The van der Waals surface area contributed by atoms with Crippen molar-refractivity contribution in [1.29, 1.82) is 0 Å². The van der Waals surface area contributed by atoms with E-state index < -0.39 is 5.97 Å². The standard InChI is InChI=1S/C13H22N2O3/c16-12(5-4-9-6-7-14-8-9)15-11-3-1-2-10(11)13(17)18/h9-11,14H,1-8H2,(H,15,16)(H,17,18). The Hall–Kier alpha value is -1.10. The third kappa shape index (κ3) is 3.45. The predicted molar refractivity (Wildman–Crippen MR) is 67.1 cm³/mol. The molecule has 0 spiro atoms. The first kappa shape index (κ1) is 13.3. The van der Waals surface area contributed by atoms with E-state index in [2.05, 4.69) is 10.6 Å². The minimum Gasteiger partial charge on any atom is -0.481 e. The van der Waals surface area contributed by atoms with E-state index in [1.54, 1.807) is 0 Å². The lowest BCUT2D eigenvalue weighted by molar-refractivity contribution is -0.142. The van der Waals surface area contributed by atoms with Gasteiger partial charge in [-0.3, -0.25) is 9.59 Å². The highest BCUT2D eigenvalue weighted by molar-refractivity contribution is 5.78. The summed E-state index contributed by atoms with van der Waals surface area (Å²) in [5.74, 6) is -0.547. The molecule has 0 aromatic rings. The van der Waals surface area contributed by atoms with Crippen LogP contribution in [0.15, 0.2) is 0 Å². The molecular weight excluding hydrogens is 232 g/mol. The fourth-order valence-corrected chi connectivity index (χ4v) is 3.00. The van der Waals surface area contributed by atoms with Crippen molar-refractivity contribution in [3.63, 3.8) is 0 Å². The molecule has 0 aromatic heterocycles. The SMILES string of the molecule is O=C(CCC1CCNC1)NC1CCCC1C(=O)O. The molecule has 5 nitrogen and oxygen atoms in total. The van der Waals surface area contributed by atoms with Crippen molar-refractivity contribution in [2.45, 2.75) is 44.6 Å². The zero-order chi connectivity index (χ0) is 13.0. The molecule has 0 bridgehead atoms. The first-order valence-electron chi connectivity index (χ1n) is 6.89. The van der Waals surface area contributed by atoms with Crippen LogP contribution in [0.2, 0.25) is 0 Å². The second kappa shape index (κ2) is 6.18. The van der Waals surface area contributed by atoms with Gasteiger partial charge >= 0.3 is 5.97 Å². The lowest BCUT2D eigenvalue weighted by Gasteiger charge is -2.18. The number of amides is 1. The Labute approximate surface area is 107 Å². The summed E-state index contributed by atoms with van der Waals surface area (Å²) in [7, 11) is 0. The third-order valence-corrected chi connectivity index (χ3v) is 4.12. The summed E-state index contributed by atoms with van der Waals surface area (Å²) in [4.78, 5) is 22.8. The first-order chi connectivity index (χ1) is 8.66. The van der Waals surface area contributed by atoms with Gasteiger partial charge in [0.15, 0.2) is 0 Å². The smallest absolute Gasteiger partial charge is 0.308 e. The molecule has 1 saturated carbocycles. The monoisotopic (exact) mass is 254 g/mol. The zero-order valence-corrected chi connectivity index (χ0v) is 10.7. The lowest BCUT2D eigenvalue weighted by Crippen LogP contribution is -2.40. The molecule has 1 heterocycles. The van der Waals surface area contributed by atoms with Crippen LogP contribution in [-0.4, -0.2) is 36.1 Å². The van der Waals surface area contributed by atoms with Gasteiger partial charge in [0.25, 0.3) is 0 Å². The van der Waals surface area contributed by atoms with E-state index in [0.717, 1.165) is 38.8 Å². The molecule has 2 rings (SSSR count). The maximum Gasteiger partial charge on any atom is 0.308 e. The zero-order valence-electron chi connectivity index (χ0n) is 10.7. The summed E-state index contributed by atoms with van der Waals surface area (Å²) in [5, 5.41) is 15.2. The van der Waals surface area contributed by atoms with Crippen LogP contribution in [-0.2, 0) is 9.59 Å². The van der Waals surface area contributed by atoms with Gasteiger partial charge < -0.3 is 15.7 Å². The van der Waals surface area contributed by atoms with Crippen molar-refractivity contribution in [1.82, 2.24) is 10.6 Å². The molecule has 1 aliphatic heterocycles. The van der Waals surface area contributed by atoms with Crippen LogP contribution < -0.4 is 10.6 Å². The summed E-state index contributed by atoms with van der Waals surface area (Å²) in [6, 6.07) is -0.156. The Morgan fingerprint density at radius 2 is 2.11 bits per heavy atom. The van der Waals surface area contributed by atoms with Crippen LogP contribution in [0.4, 0.5) is 0 Å². The minimum atomic E-state index is -0.780. The Kier molecular flexibility index (Phi) is 4.58. The molecule has 2 fully saturated rings. The van der Waals surface area contributed by atoms with E-state index in [-0.39, 0.29) is 17.9 Å². The maximum atomic E-state index is 11.8. The average molecular weight is 254 g/mol. The number of rotatable bonds is 5. The number of carbonyl (C=O) groups is 2. The van der Waals surface area contributed by atoms with E-state index in [4.69, 9.17) is 5.11 Å². The highest BCUT2D eigenvalue weighted by Crippen LogP contribution is 2.26. The van der Waals surface area contributed by atoms with Crippen molar-refractivity contribution >= 4 is 11.9 Å². The van der Waals surface area contributed by atoms with Crippen LogP contribution in [0.5, 0.6) is 0 Å². The molecule has 0 radical (unpaired) electrons. The molecule has 3 atom stereocenters. The van der Waals surface area contributed by atoms with Gasteiger partial charge in [-0.05, 0) is 44.7 Å². The van der Waals surface area contributed by atoms with Crippen LogP contribution in [0.1, 0.15) is 38.5 Å². The van der Waals surface area contributed by atoms with Gasteiger partial charge in [-0.15, -0.1) is 0 Å². The van der Waals surface area contributed by atoms with Crippen molar-refractivity contribution in [2.24, 2.45) is 11.8 Å². The van der Waals surface area contributed by atoms with Crippen LogP contribution in [0.3, 0.4) is 0 Å². The van der Waals surface area contributed by atoms with Crippen molar-refractivity contribution < 1.29 is 14.7 Å². The van der Waals surface area contributed by atoms with Gasteiger partial charge in [-0.25, -0.2) is 0 Å². The Morgan fingerprint density at radius 3 is 2.78 bits per heavy atom. The molecule has 18 heavy (non-hydrogen) atoms. The number of carbonyl (C=O) groups excluding carboxylic acids is 1. The fourth-order valence-electron chi connectivity index (χ4n) is 3.00. The Balaban J connectivity index is 1.71. The normalized spacial score (nSPS) is 31.4. The first-order valence-corrected chi connectivity index (χ1v) is 6.89. The summed E-state index contributed by atoms with van der Waals surface area (Å²) < 4.78 is 0. The molecule has 102 valence electrons. The van der Waals surface area contributed by atoms with Gasteiger partial charge in [-0.1, -0.05) is 6.42 Å². The molecule has 0 aromatic carbocycles. The molecule has 2 aliphatic rings. The minimum absolute atomic E-state index is 0.0139. The number of nitrogens with one attached hydrogen (secondary N) is 2. The quantitative estimate of drug-likeness (QED) is 0.676. The number of aliphatic carboxylic acids is 1. The van der Waals surface area contributed by atoms with Crippen LogP contribution in [0, 0.1) is 11.8 Å². The highest BCUT2D eigenvalue weighted by atomic mass is 16.4. The molecule has 1 saturated heterocycles. The van der Waals surface area contributed by atoms with E-state index in [1.807, 2.05) is 0 Å². The second-order valence-corrected chi connectivity index (χ2v) is 5.45. The van der Waals surface area contributed by atoms with Crippen molar-refractivity contribution in [3.05, 3.63) is 0 Å². The predicted octanol–water partition coefficient (Wildman–Crippen LogP) is 0.746. The topological polar surface area (TPSA) is 78.4 Å². The van der Waals surface area contributed by atoms with Gasteiger partial charge in [0, 0.05) is 12.5 Å². The second-order valence-electron chi connectivity index (χ2n) is 5.45. The summed E-state index contributed by atoms with van der Waals surface area (Å²) in [6.07, 6.45) is 4.96. The van der Waals surface area contributed by atoms with E-state index in [9.17, 15) is 9.59 Å². The van der Waals surface area contributed by atoms with Gasteiger partial charge in [0.1, 0.15) is 0 Å². The van der Waals surface area contributed by atoms with Gasteiger partial charge in [0.05, 0.1) is 5.92 Å². The number of carboxylic acids is 1. The fraction of sp³-hybridized carbons (Fsp3) is 0.846. The number of hydrogen-bond acceptors (Lipinski definition) is 3. The van der Waals surface area contributed by atoms with Crippen molar-refractivity contribution in [2.75, 3.05) is 13.1 Å². The largest absolute Gasteiger partial charge is 0.481 e.